The van der Waals surface area contributed by atoms with E-state index in [9.17, 15) is 0 Å². The zero-order chi connectivity index (χ0) is 48.8. The van der Waals surface area contributed by atoms with Gasteiger partial charge in [-0.3, -0.25) is 0 Å². The second-order valence-corrected chi connectivity index (χ2v) is 23.6. The third kappa shape index (κ3) is 8.11. The van der Waals surface area contributed by atoms with Gasteiger partial charge in [0.1, 0.15) is 0 Å². The first-order valence-electron chi connectivity index (χ1n) is 28.1. The second kappa shape index (κ2) is 19.8. The Morgan fingerprint density at radius 3 is 0.855 bits per heavy atom. The Bertz CT molecular complexity index is 2740. The van der Waals surface area contributed by atoms with Gasteiger partial charge >= 0.3 is 0 Å². The van der Waals surface area contributed by atoms with Crippen LogP contribution in [0.25, 0.3) is 55.6 Å². The van der Waals surface area contributed by atoms with E-state index in [0.717, 1.165) is 38.5 Å². The number of hydrogen-bond donors (Lipinski definition) is 0. The molecule has 6 atom stereocenters. The van der Waals surface area contributed by atoms with Gasteiger partial charge in [-0.15, -0.1) is 0 Å². The molecule has 362 valence electrons. The van der Waals surface area contributed by atoms with Crippen LogP contribution in [0.4, 0.5) is 0 Å². The largest absolute Gasteiger partial charge is 0.0651 e. The first-order chi connectivity index (χ1) is 33.4. The molecule has 3 aliphatic rings. The first kappa shape index (κ1) is 49.3. The standard InChI is InChI=1S/C69H86/c1-13-45(7)39-67(40-46(8)14-2)60-34-22-19-27-51(60)55-30-25-32-57(64(55)67)54-37-38-58-53-29-21-24-36-62(53)69(43-49(11)17-5,44-50(12)18-6)66(58)63(54)59-33-26-31-56-52-28-20-23-35-61(52)68(65(56)59,41-47(9)15-3)42-48(10)16-4/h19-38,45-50H,13-18,39-44H2,1-12H3. The predicted octanol–water partition coefficient (Wildman–Crippen LogP) is 20.4. The smallest absolute Gasteiger partial charge is 0.0226 e. The van der Waals surface area contributed by atoms with E-state index < -0.39 is 0 Å². The van der Waals surface area contributed by atoms with Crippen molar-refractivity contribution in [1.82, 2.24) is 0 Å². The molecule has 0 aromatic heterocycles. The highest BCUT2D eigenvalue weighted by atomic mass is 14.5. The molecule has 0 amide bonds. The van der Waals surface area contributed by atoms with Crippen LogP contribution in [0.5, 0.6) is 0 Å². The van der Waals surface area contributed by atoms with Crippen molar-refractivity contribution >= 4 is 0 Å². The molecule has 0 radical (unpaired) electrons. The molecule has 0 saturated carbocycles. The van der Waals surface area contributed by atoms with Crippen molar-refractivity contribution in [3.63, 3.8) is 0 Å². The van der Waals surface area contributed by atoms with Crippen LogP contribution in [0.15, 0.2) is 121 Å². The topological polar surface area (TPSA) is 0 Å². The van der Waals surface area contributed by atoms with Crippen LogP contribution < -0.4 is 0 Å². The molecule has 0 N–H and O–H groups in total. The summed E-state index contributed by atoms with van der Waals surface area (Å²) in [5.41, 5.74) is 23.9. The molecule has 3 aliphatic carbocycles. The van der Waals surface area contributed by atoms with Crippen molar-refractivity contribution in [2.75, 3.05) is 0 Å². The van der Waals surface area contributed by atoms with E-state index in [1.807, 2.05) is 0 Å². The van der Waals surface area contributed by atoms with Gasteiger partial charge in [-0.05, 0) is 163 Å². The van der Waals surface area contributed by atoms with Crippen LogP contribution in [-0.4, -0.2) is 0 Å². The Balaban J connectivity index is 1.49. The molecule has 0 aliphatic heterocycles. The SMILES string of the molecule is CCC(C)CC1(CC(C)CC)c2ccccc2-c2cccc(-c3ccc4c(c3-c3cccc5c3C(CC(C)CC)(CC(C)CC)c3ccccc3-5)C(CC(C)CC)(CC(C)CC)c3ccccc3-4)c21. The number of hydrogen-bond acceptors (Lipinski definition) is 0. The fraction of sp³-hybridized carbons (Fsp3) is 0.478. The van der Waals surface area contributed by atoms with Crippen molar-refractivity contribution < 1.29 is 0 Å². The third-order valence-electron chi connectivity index (χ3n) is 18.9. The van der Waals surface area contributed by atoms with Crippen LogP contribution in [0, 0.1) is 35.5 Å². The molecule has 9 rings (SSSR count). The van der Waals surface area contributed by atoms with Crippen LogP contribution in [0.3, 0.4) is 0 Å². The quantitative estimate of drug-likeness (QED) is 0.0716. The molecular formula is C69H86. The highest BCUT2D eigenvalue weighted by Crippen LogP contribution is 2.65. The van der Waals surface area contributed by atoms with E-state index in [-0.39, 0.29) is 16.2 Å². The Morgan fingerprint density at radius 1 is 0.261 bits per heavy atom. The third-order valence-corrected chi connectivity index (χ3v) is 18.9. The molecule has 0 bridgehead atoms. The number of fused-ring (bicyclic) bond motifs is 9. The lowest BCUT2D eigenvalue weighted by atomic mass is 9.61. The summed E-state index contributed by atoms with van der Waals surface area (Å²) in [7, 11) is 0. The maximum absolute atomic E-state index is 2.63. The Hall–Kier alpha value is -4.68. The minimum absolute atomic E-state index is 0.0943. The minimum Gasteiger partial charge on any atom is -0.0651 e. The van der Waals surface area contributed by atoms with Gasteiger partial charge in [-0.1, -0.05) is 243 Å². The summed E-state index contributed by atoms with van der Waals surface area (Å²) >= 11 is 0. The molecular weight excluding hydrogens is 829 g/mol. The summed E-state index contributed by atoms with van der Waals surface area (Å²) in [6.45, 7) is 29.7. The predicted molar refractivity (Wildman–Crippen MR) is 300 cm³/mol. The van der Waals surface area contributed by atoms with Gasteiger partial charge in [0.25, 0.3) is 0 Å². The maximum Gasteiger partial charge on any atom is 0.0226 e. The fourth-order valence-corrected chi connectivity index (χ4v) is 14.6. The molecule has 6 aromatic rings. The summed E-state index contributed by atoms with van der Waals surface area (Å²) in [5.74, 6) is 3.48. The normalized spacial score (nSPS) is 22.1. The van der Waals surface area contributed by atoms with Gasteiger partial charge in [0.15, 0.2) is 0 Å². The van der Waals surface area contributed by atoms with Crippen LogP contribution in [0.2, 0.25) is 0 Å². The van der Waals surface area contributed by atoms with Crippen LogP contribution >= 0.6 is 0 Å². The molecule has 0 saturated heterocycles. The lowest BCUT2D eigenvalue weighted by Crippen LogP contribution is -2.33. The van der Waals surface area contributed by atoms with Crippen LogP contribution in [-0.2, 0) is 16.2 Å². The number of rotatable bonds is 20. The lowest BCUT2D eigenvalue weighted by Gasteiger charge is -2.41. The molecule has 0 nitrogen and oxygen atoms in total. The van der Waals surface area contributed by atoms with E-state index in [1.165, 1.54) is 94.2 Å². The molecule has 69 heavy (non-hydrogen) atoms. The van der Waals surface area contributed by atoms with Crippen molar-refractivity contribution in [2.45, 2.75) is 176 Å². The average molecular weight is 915 g/mol. The highest BCUT2D eigenvalue weighted by Gasteiger charge is 2.51. The molecule has 0 spiro atoms. The average Bonchev–Trinajstić information content (AvgIpc) is 3.92. The summed E-state index contributed by atoms with van der Waals surface area (Å²) in [5, 5.41) is 0. The summed E-state index contributed by atoms with van der Waals surface area (Å²) in [6.07, 6.45) is 14.0. The minimum atomic E-state index is -0.141. The maximum atomic E-state index is 2.63. The van der Waals surface area contributed by atoms with Gasteiger partial charge in [0.2, 0.25) is 0 Å². The monoisotopic (exact) mass is 915 g/mol. The van der Waals surface area contributed by atoms with E-state index >= 15 is 0 Å². The zero-order valence-corrected chi connectivity index (χ0v) is 45.0. The van der Waals surface area contributed by atoms with Gasteiger partial charge < -0.3 is 0 Å². The molecule has 6 aromatic carbocycles. The van der Waals surface area contributed by atoms with Crippen molar-refractivity contribution in [3.8, 4) is 55.6 Å². The van der Waals surface area contributed by atoms with Crippen molar-refractivity contribution in [2.24, 2.45) is 35.5 Å². The fourth-order valence-electron chi connectivity index (χ4n) is 14.6. The van der Waals surface area contributed by atoms with E-state index in [4.69, 9.17) is 0 Å². The highest BCUT2D eigenvalue weighted by molar-refractivity contribution is 6.02. The summed E-state index contributed by atoms with van der Waals surface area (Å²) < 4.78 is 0. The summed E-state index contributed by atoms with van der Waals surface area (Å²) in [6, 6.07) is 49.3. The Morgan fingerprint density at radius 2 is 0.507 bits per heavy atom. The van der Waals surface area contributed by atoms with Gasteiger partial charge in [-0.2, -0.15) is 0 Å². The summed E-state index contributed by atoms with van der Waals surface area (Å²) in [4.78, 5) is 0. The first-order valence-corrected chi connectivity index (χ1v) is 28.1. The molecule has 0 heteroatoms. The second-order valence-electron chi connectivity index (χ2n) is 23.6. The molecule has 0 fully saturated rings. The van der Waals surface area contributed by atoms with E-state index in [0.29, 0.717) is 35.5 Å². The van der Waals surface area contributed by atoms with Gasteiger partial charge in [0.05, 0.1) is 0 Å². The van der Waals surface area contributed by atoms with Crippen molar-refractivity contribution in [1.29, 1.82) is 0 Å². The Labute approximate surface area is 420 Å². The van der Waals surface area contributed by atoms with Crippen LogP contribution in [0.1, 0.15) is 194 Å². The van der Waals surface area contributed by atoms with Gasteiger partial charge in [0, 0.05) is 16.2 Å². The number of benzene rings is 6. The van der Waals surface area contributed by atoms with Crippen molar-refractivity contribution in [3.05, 3.63) is 155 Å². The Kier molecular flexibility index (Phi) is 14.2. The molecule has 6 unspecified atom stereocenters. The zero-order valence-electron chi connectivity index (χ0n) is 45.0. The van der Waals surface area contributed by atoms with E-state index in [2.05, 4.69) is 204 Å². The lowest BCUT2D eigenvalue weighted by molar-refractivity contribution is 0.307. The molecule has 0 heterocycles. The van der Waals surface area contributed by atoms with E-state index in [1.54, 1.807) is 33.4 Å². The van der Waals surface area contributed by atoms with Gasteiger partial charge in [-0.25, -0.2) is 0 Å².